The summed E-state index contributed by atoms with van der Waals surface area (Å²) in [6, 6.07) is 0. The maximum Gasteiger partial charge on any atom is 0.358 e. The van der Waals surface area contributed by atoms with Crippen LogP contribution in [0.4, 0.5) is 0 Å². The molecule has 0 bridgehead atoms. The molecule has 2 rings (SSSR count). The molecule has 0 unspecified atom stereocenters. The third-order valence-electron chi connectivity index (χ3n) is 2.14. The maximum absolute atomic E-state index is 11.4. The molecule has 2 atom stereocenters. The molecule has 13 heavy (non-hydrogen) atoms. The summed E-state index contributed by atoms with van der Waals surface area (Å²) < 4.78 is 9.96. The molecule has 0 radical (unpaired) electrons. The molecule has 74 valence electrons. The van der Waals surface area contributed by atoms with Gasteiger partial charge in [-0.2, -0.15) is 9.78 Å². The molecule has 0 aromatic carbocycles. The Kier molecular flexibility index (Phi) is 2.03. The zero-order valence-corrected chi connectivity index (χ0v) is 8.18. The highest BCUT2D eigenvalue weighted by atomic mass is 32.2. The van der Waals surface area contributed by atoms with Crippen molar-refractivity contribution < 1.29 is 24.0 Å². The van der Waals surface area contributed by atoms with Crippen LogP contribution in [0.25, 0.3) is 0 Å². The molecule has 0 aliphatic carbocycles. The van der Waals surface area contributed by atoms with Crippen molar-refractivity contribution in [1.29, 1.82) is 0 Å². The van der Waals surface area contributed by atoms with Crippen LogP contribution < -0.4 is 0 Å². The van der Waals surface area contributed by atoms with E-state index in [4.69, 9.17) is 14.5 Å². The minimum atomic E-state index is -1.12. The Hall–Kier alpha value is -0.300. The Morgan fingerprint density at radius 2 is 2.31 bits per heavy atom. The van der Waals surface area contributed by atoms with E-state index in [1.807, 2.05) is 0 Å². The van der Waals surface area contributed by atoms with Gasteiger partial charge < -0.3 is 9.47 Å². The summed E-state index contributed by atoms with van der Waals surface area (Å²) in [5.74, 6) is -0.775. The number of carbonyl (C=O) groups excluding carboxylic acids is 1. The zero-order valence-electron chi connectivity index (χ0n) is 7.36. The van der Waals surface area contributed by atoms with Crippen LogP contribution in [0, 0.1) is 0 Å². The lowest BCUT2D eigenvalue weighted by Crippen LogP contribution is -2.71. The minimum Gasteiger partial charge on any atom is -0.466 e. The van der Waals surface area contributed by atoms with Gasteiger partial charge in [-0.25, -0.2) is 4.79 Å². The van der Waals surface area contributed by atoms with Crippen LogP contribution in [0.1, 0.15) is 6.92 Å². The fraction of sp³-hybridized carbons (Fsp3) is 0.857. The standard InChI is InChI=1S/C7H10O5S/c1-6-7(12-11-6,5(8)9-2)13-4-3-10-6/h3-4H2,1-2H3/t6-,7-/m0/s1. The number of esters is 1. The molecule has 0 N–H and O–H groups in total. The van der Waals surface area contributed by atoms with Gasteiger partial charge in [-0.3, -0.25) is 0 Å². The summed E-state index contributed by atoms with van der Waals surface area (Å²) in [5.41, 5.74) is 0. The Bertz CT molecular complexity index is 245. The van der Waals surface area contributed by atoms with Gasteiger partial charge in [0.1, 0.15) is 0 Å². The number of carbonyl (C=O) groups is 1. The van der Waals surface area contributed by atoms with Crippen molar-refractivity contribution in [2.24, 2.45) is 0 Å². The lowest BCUT2D eigenvalue weighted by atomic mass is 10.1. The van der Waals surface area contributed by atoms with E-state index in [0.29, 0.717) is 12.4 Å². The third kappa shape index (κ3) is 1.03. The predicted octanol–water partition coefficient (Wildman–Crippen LogP) is 0.297. The van der Waals surface area contributed by atoms with Crippen molar-refractivity contribution in [3.63, 3.8) is 0 Å². The fourth-order valence-corrected chi connectivity index (χ4v) is 2.44. The van der Waals surface area contributed by atoms with Gasteiger partial charge in [-0.15, -0.1) is 11.8 Å². The molecule has 2 fully saturated rings. The first-order valence-electron chi connectivity index (χ1n) is 3.88. The predicted molar refractivity (Wildman–Crippen MR) is 43.7 cm³/mol. The van der Waals surface area contributed by atoms with Gasteiger partial charge in [-0.05, 0) is 6.92 Å². The van der Waals surface area contributed by atoms with Crippen LogP contribution in [0.15, 0.2) is 0 Å². The molecule has 0 aromatic rings. The average Bonchev–Trinajstić information content (AvgIpc) is 2.13. The second-order valence-electron chi connectivity index (χ2n) is 2.92. The van der Waals surface area contributed by atoms with Crippen molar-refractivity contribution in [2.75, 3.05) is 19.5 Å². The summed E-state index contributed by atoms with van der Waals surface area (Å²) in [5, 5.41) is 0. The monoisotopic (exact) mass is 206 g/mol. The second kappa shape index (κ2) is 2.84. The van der Waals surface area contributed by atoms with Gasteiger partial charge in [-0.1, -0.05) is 0 Å². The molecular formula is C7H10O5S. The fourth-order valence-electron chi connectivity index (χ4n) is 1.34. The number of thioether (sulfide) groups is 1. The summed E-state index contributed by atoms with van der Waals surface area (Å²) in [6.07, 6.45) is 0. The lowest BCUT2D eigenvalue weighted by molar-refractivity contribution is -0.570. The van der Waals surface area contributed by atoms with E-state index in [0.717, 1.165) is 0 Å². The molecule has 0 aromatic heterocycles. The molecule has 5 nitrogen and oxygen atoms in total. The summed E-state index contributed by atoms with van der Waals surface area (Å²) in [7, 11) is 1.31. The van der Waals surface area contributed by atoms with Crippen LogP contribution in [0.2, 0.25) is 0 Å². The van der Waals surface area contributed by atoms with Crippen LogP contribution in [-0.2, 0) is 24.0 Å². The quantitative estimate of drug-likeness (QED) is 0.454. The van der Waals surface area contributed by atoms with Gasteiger partial charge in [0.25, 0.3) is 5.79 Å². The van der Waals surface area contributed by atoms with Crippen LogP contribution in [0.5, 0.6) is 0 Å². The van der Waals surface area contributed by atoms with Gasteiger partial charge in [0.15, 0.2) is 0 Å². The lowest BCUT2D eigenvalue weighted by Gasteiger charge is -2.52. The van der Waals surface area contributed by atoms with E-state index in [1.165, 1.54) is 18.9 Å². The first kappa shape index (κ1) is 9.26. The highest BCUT2D eigenvalue weighted by Crippen LogP contribution is 2.52. The molecule has 2 aliphatic heterocycles. The Morgan fingerprint density at radius 3 is 2.77 bits per heavy atom. The first-order chi connectivity index (χ1) is 6.15. The smallest absolute Gasteiger partial charge is 0.358 e. The van der Waals surface area contributed by atoms with Gasteiger partial charge >= 0.3 is 10.9 Å². The summed E-state index contributed by atoms with van der Waals surface area (Å²) >= 11 is 1.35. The summed E-state index contributed by atoms with van der Waals surface area (Å²) in [4.78, 5) is 19.9. The van der Waals surface area contributed by atoms with Crippen molar-refractivity contribution in [3.05, 3.63) is 0 Å². The molecule has 2 saturated heterocycles. The SMILES string of the molecule is COC(=O)[C@@]12OO[C@]1(C)OCCS2. The molecule has 0 amide bonds. The normalized spacial score (nSPS) is 43.2. The van der Waals surface area contributed by atoms with Gasteiger partial charge in [0.05, 0.1) is 13.7 Å². The number of rotatable bonds is 1. The number of hydrogen-bond donors (Lipinski definition) is 0. The summed E-state index contributed by atoms with van der Waals surface area (Å²) in [6.45, 7) is 2.21. The van der Waals surface area contributed by atoms with E-state index < -0.39 is 16.7 Å². The molecule has 6 heteroatoms. The van der Waals surface area contributed by atoms with Crippen LogP contribution >= 0.6 is 11.8 Å². The molecule has 2 aliphatic rings. The Labute approximate surface area is 79.6 Å². The number of hydrogen-bond acceptors (Lipinski definition) is 6. The van der Waals surface area contributed by atoms with Crippen LogP contribution in [-0.4, -0.2) is 36.2 Å². The molecule has 0 spiro atoms. The molecule has 0 saturated carbocycles. The maximum atomic E-state index is 11.4. The number of fused-ring (bicyclic) bond motifs is 1. The van der Waals surface area contributed by atoms with E-state index in [9.17, 15) is 4.79 Å². The molecule has 2 heterocycles. The average molecular weight is 206 g/mol. The number of ether oxygens (including phenoxy) is 2. The third-order valence-corrected chi connectivity index (χ3v) is 3.52. The van der Waals surface area contributed by atoms with E-state index in [2.05, 4.69) is 4.74 Å². The van der Waals surface area contributed by atoms with Crippen molar-refractivity contribution in [1.82, 2.24) is 0 Å². The van der Waals surface area contributed by atoms with Gasteiger partial charge in [0, 0.05) is 5.75 Å². The van der Waals surface area contributed by atoms with E-state index in [-0.39, 0.29) is 0 Å². The Morgan fingerprint density at radius 1 is 1.54 bits per heavy atom. The van der Waals surface area contributed by atoms with Crippen molar-refractivity contribution in [3.8, 4) is 0 Å². The topological polar surface area (TPSA) is 54.0 Å². The van der Waals surface area contributed by atoms with E-state index in [1.54, 1.807) is 6.92 Å². The van der Waals surface area contributed by atoms with Crippen molar-refractivity contribution in [2.45, 2.75) is 17.6 Å². The van der Waals surface area contributed by atoms with Gasteiger partial charge in [0.2, 0.25) is 0 Å². The first-order valence-corrected chi connectivity index (χ1v) is 4.86. The highest BCUT2D eigenvalue weighted by Gasteiger charge is 2.71. The minimum absolute atomic E-state index is 0.467. The van der Waals surface area contributed by atoms with E-state index >= 15 is 0 Å². The largest absolute Gasteiger partial charge is 0.466 e. The van der Waals surface area contributed by atoms with Crippen molar-refractivity contribution >= 4 is 17.7 Å². The zero-order chi connectivity index (χ0) is 9.53. The number of methoxy groups -OCH3 is 1. The highest BCUT2D eigenvalue weighted by molar-refractivity contribution is 8.01. The second-order valence-corrected chi connectivity index (χ2v) is 4.19. The molecular weight excluding hydrogens is 196 g/mol. The van der Waals surface area contributed by atoms with Crippen LogP contribution in [0.3, 0.4) is 0 Å². The Balaban J connectivity index is 2.24.